The second-order valence-corrected chi connectivity index (χ2v) is 5.89. The average Bonchev–Trinajstić information content (AvgIpc) is 2.30. The smallest absolute Gasteiger partial charge is 0.138 e. The predicted octanol–water partition coefficient (Wildman–Crippen LogP) is 5.03. The zero-order valence-corrected chi connectivity index (χ0v) is 13.2. The van der Waals surface area contributed by atoms with Gasteiger partial charge in [-0.15, -0.1) is 0 Å². The van der Waals surface area contributed by atoms with Gasteiger partial charge in [-0.2, -0.15) is 0 Å². The van der Waals surface area contributed by atoms with Crippen LogP contribution in [0.5, 0.6) is 5.75 Å². The van der Waals surface area contributed by atoms with Crippen LogP contribution in [0.1, 0.15) is 5.56 Å². The van der Waals surface area contributed by atoms with Gasteiger partial charge < -0.3 is 10.5 Å². The maximum absolute atomic E-state index is 6.07. The van der Waals surface area contributed by atoms with Crippen LogP contribution in [0.15, 0.2) is 45.3 Å². The zero-order chi connectivity index (χ0) is 13.1. The Bertz CT molecular complexity index is 523. The summed E-state index contributed by atoms with van der Waals surface area (Å²) in [5.74, 6) is 0.656. The van der Waals surface area contributed by atoms with Crippen molar-refractivity contribution in [2.75, 3.05) is 5.73 Å². The molecule has 0 atom stereocenters. The third-order valence-electron chi connectivity index (χ3n) is 2.35. The Morgan fingerprint density at radius 2 is 1.89 bits per heavy atom. The van der Waals surface area contributed by atoms with E-state index in [-0.39, 0.29) is 0 Å². The van der Waals surface area contributed by atoms with Gasteiger partial charge in [0.1, 0.15) is 12.4 Å². The standard InChI is InChI=1S/C13H10Br2ClNO/c14-9-2-4-13(12(16)5-9)18-7-8-1-3-10(17)6-11(8)15/h1-6H,7,17H2. The van der Waals surface area contributed by atoms with Crippen LogP contribution in [0, 0.1) is 0 Å². The van der Waals surface area contributed by atoms with E-state index in [1.54, 1.807) is 6.07 Å². The van der Waals surface area contributed by atoms with Crippen molar-refractivity contribution in [1.82, 2.24) is 0 Å². The Kier molecular flexibility index (Phi) is 4.54. The van der Waals surface area contributed by atoms with Crippen LogP contribution < -0.4 is 10.5 Å². The highest BCUT2D eigenvalue weighted by molar-refractivity contribution is 9.10. The molecule has 0 fully saturated rings. The van der Waals surface area contributed by atoms with Gasteiger partial charge >= 0.3 is 0 Å². The first-order valence-corrected chi connectivity index (χ1v) is 7.14. The van der Waals surface area contributed by atoms with E-state index >= 15 is 0 Å². The molecule has 2 aromatic carbocycles. The van der Waals surface area contributed by atoms with Crippen LogP contribution in [-0.4, -0.2) is 0 Å². The molecular formula is C13H10Br2ClNO. The summed E-state index contributed by atoms with van der Waals surface area (Å²) >= 11 is 12.9. The Morgan fingerprint density at radius 3 is 2.56 bits per heavy atom. The maximum Gasteiger partial charge on any atom is 0.138 e. The zero-order valence-electron chi connectivity index (χ0n) is 9.29. The van der Waals surface area contributed by atoms with Gasteiger partial charge in [0.05, 0.1) is 5.02 Å². The molecule has 0 radical (unpaired) electrons. The number of ether oxygens (including phenoxy) is 1. The molecule has 2 N–H and O–H groups in total. The van der Waals surface area contributed by atoms with Gasteiger partial charge in [0.15, 0.2) is 0 Å². The van der Waals surface area contributed by atoms with E-state index in [1.807, 2.05) is 30.3 Å². The minimum atomic E-state index is 0.433. The lowest BCUT2D eigenvalue weighted by Gasteiger charge is -2.10. The Morgan fingerprint density at radius 1 is 1.11 bits per heavy atom. The Balaban J connectivity index is 2.11. The summed E-state index contributed by atoms with van der Waals surface area (Å²) in [6, 6.07) is 11.1. The summed E-state index contributed by atoms with van der Waals surface area (Å²) in [5, 5.41) is 0.580. The number of anilines is 1. The van der Waals surface area contributed by atoms with Crippen molar-refractivity contribution < 1.29 is 4.74 Å². The van der Waals surface area contributed by atoms with Gasteiger partial charge in [-0.05, 0) is 30.3 Å². The molecule has 18 heavy (non-hydrogen) atoms. The number of hydrogen-bond donors (Lipinski definition) is 1. The third-order valence-corrected chi connectivity index (χ3v) is 3.88. The third kappa shape index (κ3) is 3.40. The molecular weight excluding hydrogens is 381 g/mol. The van der Waals surface area contributed by atoms with Crippen molar-refractivity contribution >= 4 is 49.1 Å². The van der Waals surface area contributed by atoms with E-state index in [2.05, 4.69) is 31.9 Å². The molecule has 5 heteroatoms. The number of halogens is 3. The highest BCUT2D eigenvalue weighted by Gasteiger charge is 2.05. The normalized spacial score (nSPS) is 10.4. The van der Waals surface area contributed by atoms with Gasteiger partial charge in [0.2, 0.25) is 0 Å². The molecule has 2 aromatic rings. The molecule has 0 spiro atoms. The summed E-state index contributed by atoms with van der Waals surface area (Å²) in [5.41, 5.74) is 7.41. The molecule has 2 rings (SSSR count). The number of rotatable bonds is 3. The number of benzene rings is 2. The fraction of sp³-hybridized carbons (Fsp3) is 0.0769. The van der Waals surface area contributed by atoms with E-state index in [4.69, 9.17) is 22.1 Å². The van der Waals surface area contributed by atoms with Crippen LogP contribution in [0.3, 0.4) is 0 Å². The molecule has 0 saturated heterocycles. The second-order valence-electron chi connectivity index (χ2n) is 3.71. The van der Waals surface area contributed by atoms with Gasteiger partial charge in [-0.1, -0.05) is 49.5 Å². The van der Waals surface area contributed by atoms with Crippen molar-refractivity contribution in [3.05, 3.63) is 55.9 Å². The lowest BCUT2D eigenvalue weighted by molar-refractivity contribution is 0.305. The summed E-state index contributed by atoms with van der Waals surface area (Å²) in [4.78, 5) is 0. The molecule has 0 heterocycles. The summed E-state index contributed by atoms with van der Waals surface area (Å²) < 4.78 is 7.53. The molecule has 94 valence electrons. The first-order chi connectivity index (χ1) is 8.56. The van der Waals surface area contributed by atoms with E-state index < -0.39 is 0 Å². The van der Waals surface area contributed by atoms with Crippen molar-refractivity contribution in [2.45, 2.75) is 6.61 Å². The van der Waals surface area contributed by atoms with Gasteiger partial charge in [-0.25, -0.2) is 0 Å². The summed E-state index contributed by atoms with van der Waals surface area (Å²) in [6.07, 6.45) is 0. The first-order valence-electron chi connectivity index (χ1n) is 5.18. The summed E-state index contributed by atoms with van der Waals surface area (Å²) in [7, 11) is 0. The Hall–Kier alpha value is -0.710. The monoisotopic (exact) mass is 389 g/mol. The average molecular weight is 391 g/mol. The minimum Gasteiger partial charge on any atom is -0.487 e. The highest BCUT2D eigenvalue weighted by atomic mass is 79.9. The molecule has 0 aliphatic rings. The number of hydrogen-bond acceptors (Lipinski definition) is 2. The van der Waals surface area contributed by atoms with Crippen LogP contribution in [0.25, 0.3) is 0 Å². The molecule has 0 aromatic heterocycles. The molecule has 0 unspecified atom stereocenters. The van der Waals surface area contributed by atoms with E-state index in [0.29, 0.717) is 23.1 Å². The molecule has 0 saturated carbocycles. The molecule has 0 aliphatic carbocycles. The Labute approximate surface area is 127 Å². The topological polar surface area (TPSA) is 35.2 Å². The van der Waals surface area contributed by atoms with Gasteiger partial charge in [0.25, 0.3) is 0 Å². The molecule has 2 nitrogen and oxygen atoms in total. The van der Waals surface area contributed by atoms with Crippen LogP contribution in [-0.2, 0) is 6.61 Å². The minimum absolute atomic E-state index is 0.433. The quantitative estimate of drug-likeness (QED) is 0.745. The molecule has 0 bridgehead atoms. The maximum atomic E-state index is 6.07. The fourth-order valence-electron chi connectivity index (χ4n) is 1.43. The largest absolute Gasteiger partial charge is 0.487 e. The van der Waals surface area contributed by atoms with Crippen LogP contribution in [0.2, 0.25) is 5.02 Å². The van der Waals surface area contributed by atoms with E-state index in [1.165, 1.54) is 0 Å². The van der Waals surface area contributed by atoms with E-state index in [9.17, 15) is 0 Å². The SMILES string of the molecule is Nc1ccc(COc2ccc(Br)cc2Cl)c(Br)c1. The highest BCUT2D eigenvalue weighted by Crippen LogP contribution is 2.29. The van der Waals surface area contributed by atoms with E-state index in [0.717, 1.165) is 14.5 Å². The number of nitrogens with two attached hydrogens (primary N) is 1. The van der Waals surface area contributed by atoms with Crippen molar-refractivity contribution in [2.24, 2.45) is 0 Å². The number of nitrogen functional groups attached to an aromatic ring is 1. The van der Waals surface area contributed by atoms with Crippen LogP contribution >= 0.6 is 43.5 Å². The first kappa shape index (κ1) is 13.7. The fourth-order valence-corrected chi connectivity index (χ4v) is 2.67. The molecule has 0 amide bonds. The van der Waals surface area contributed by atoms with Crippen molar-refractivity contribution in [3.8, 4) is 5.75 Å². The molecule has 0 aliphatic heterocycles. The lowest BCUT2D eigenvalue weighted by Crippen LogP contribution is -1.98. The van der Waals surface area contributed by atoms with Crippen molar-refractivity contribution in [1.29, 1.82) is 0 Å². The predicted molar refractivity (Wildman–Crippen MR) is 82.0 cm³/mol. The van der Waals surface area contributed by atoms with Gasteiger partial charge in [0, 0.05) is 20.2 Å². The lowest BCUT2D eigenvalue weighted by atomic mass is 10.2. The van der Waals surface area contributed by atoms with Crippen molar-refractivity contribution in [3.63, 3.8) is 0 Å². The summed E-state index contributed by atoms with van der Waals surface area (Å²) in [6.45, 7) is 0.433. The van der Waals surface area contributed by atoms with Crippen LogP contribution in [0.4, 0.5) is 5.69 Å². The second kappa shape index (κ2) is 5.95. The van der Waals surface area contributed by atoms with Gasteiger partial charge in [-0.3, -0.25) is 0 Å².